The first-order chi connectivity index (χ1) is 6.08. The first-order valence-corrected chi connectivity index (χ1v) is 4.77. The second-order valence-electron chi connectivity index (χ2n) is 2.65. The number of hydrogen-bond donors (Lipinski definition) is 0. The molecule has 2 nitrogen and oxygen atoms in total. The summed E-state index contributed by atoms with van der Waals surface area (Å²) >= 11 is 12.3. The highest BCUT2D eigenvalue weighted by Gasteiger charge is 2.48. The maximum Gasteiger partial charge on any atom is 0.207 e. The molecule has 0 heterocycles. The van der Waals surface area contributed by atoms with Crippen LogP contribution in [0, 0.1) is 0 Å². The van der Waals surface area contributed by atoms with Crippen LogP contribution in [0.5, 0.6) is 0 Å². The molecule has 0 spiro atoms. The lowest BCUT2D eigenvalue weighted by Gasteiger charge is -2.38. The van der Waals surface area contributed by atoms with E-state index in [1.54, 1.807) is 24.3 Å². The van der Waals surface area contributed by atoms with Crippen LogP contribution in [0.15, 0.2) is 24.3 Å². The van der Waals surface area contributed by atoms with Crippen LogP contribution in [0.1, 0.15) is 6.92 Å². The maximum absolute atomic E-state index is 6.17. The zero-order valence-electron chi connectivity index (χ0n) is 7.59. The second kappa shape index (κ2) is 4.01. The molecule has 0 saturated carbocycles. The van der Waals surface area contributed by atoms with E-state index in [1.807, 2.05) is 6.92 Å². The fraction of sp³-hybridized carbons (Fsp3) is 0.556. The van der Waals surface area contributed by atoms with Crippen molar-refractivity contribution in [2.75, 3.05) is 13.7 Å². The lowest BCUT2D eigenvalue weighted by Crippen LogP contribution is -2.47. The van der Waals surface area contributed by atoms with Crippen LogP contribution in [0.2, 0.25) is 0 Å². The Hall–Kier alpha value is -0.0200. The molecule has 13 heavy (non-hydrogen) atoms. The van der Waals surface area contributed by atoms with Gasteiger partial charge in [-0.05, 0) is 19.1 Å². The maximum atomic E-state index is 6.17. The van der Waals surface area contributed by atoms with E-state index in [1.165, 1.54) is 7.11 Å². The van der Waals surface area contributed by atoms with Gasteiger partial charge in [0.05, 0.1) is 0 Å². The summed E-state index contributed by atoms with van der Waals surface area (Å²) in [4.78, 5) is 0. The smallest absolute Gasteiger partial charge is 0.207 e. The van der Waals surface area contributed by atoms with Gasteiger partial charge in [-0.3, -0.25) is 0 Å². The minimum Gasteiger partial charge on any atom is -0.355 e. The monoisotopic (exact) mass is 222 g/mol. The Morgan fingerprint density at radius 2 is 1.69 bits per heavy atom. The van der Waals surface area contributed by atoms with E-state index >= 15 is 0 Å². The van der Waals surface area contributed by atoms with Crippen molar-refractivity contribution in [3.05, 3.63) is 24.3 Å². The Morgan fingerprint density at radius 3 is 2.15 bits per heavy atom. The fourth-order valence-corrected chi connectivity index (χ4v) is 1.66. The van der Waals surface area contributed by atoms with E-state index in [2.05, 4.69) is 0 Å². The summed E-state index contributed by atoms with van der Waals surface area (Å²) in [5, 5.41) is -2.24. The van der Waals surface area contributed by atoms with Gasteiger partial charge in [-0.2, -0.15) is 0 Å². The third kappa shape index (κ3) is 1.91. The fourth-order valence-electron chi connectivity index (χ4n) is 1.15. The van der Waals surface area contributed by atoms with E-state index < -0.39 is 10.1 Å². The number of hydrogen-bond acceptors (Lipinski definition) is 2. The average molecular weight is 223 g/mol. The molecule has 0 fully saturated rings. The molecule has 0 aliphatic heterocycles. The molecule has 0 saturated heterocycles. The van der Waals surface area contributed by atoms with Crippen LogP contribution in [0.25, 0.3) is 0 Å². The first-order valence-electron chi connectivity index (χ1n) is 4.02. The Balaban J connectivity index is 2.93. The predicted octanol–water partition coefficient (Wildman–Crippen LogP) is 2.67. The van der Waals surface area contributed by atoms with E-state index in [9.17, 15) is 0 Å². The van der Waals surface area contributed by atoms with Gasteiger partial charge in [-0.15, -0.1) is 0 Å². The Labute approximate surface area is 88.1 Å². The molecule has 0 bridgehead atoms. The van der Waals surface area contributed by atoms with Gasteiger partial charge in [0.15, 0.2) is 0 Å². The zero-order valence-corrected chi connectivity index (χ0v) is 9.10. The lowest BCUT2D eigenvalue weighted by molar-refractivity contribution is -0.0564. The second-order valence-corrected chi connectivity index (χ2v) is 3.77. The molecule has 0 aromatic heterocycles. The van der Waals surface area contributed by atoms with Gasteiger partial charge < -0.3 is 9.47 Å². The molecule has 1 rings (SSSR count). The number of rotatable bonds is 3. The highest BCUT2D eigenvalue weighted by molar-refractivity contribution is 6.35. The lowest BCUT2D eigenvalue weighted by atomic mass is 10.1. The van der Waals surface area contributed by atoms with Gasteiger partial charge in [-0.1, -0.05) is 35.4 Å². The van der Waals surface area contributed by atoms with Gasteiger partial charge in [0.25, 0.3) is 0 Å². The normalized spacial score (nSPS) is 38.2. The molecule has 0 aromatic rings. The summed E-state index contributed by atoms with van der Waals surface area (Å²) < 4.78 is 10.5. The van der Waals surface area contributed by atoms with Crippen molar-refractivity contribution < 1.29 is 9.47 Å². The molecule has 0 aromatic carbocycles. The van der Waals surface area contributed by atoms with Crippen LogP contribution >= 0.6 is 23.2 Å². The van der Waals surface area contributed by atoms with Crippen LogP contribution in [0.3, 0.4) is 0 Å². The average Bonchev–Trinajstić information content (AvgIpc) is 2.11. The zero-order chi connectivity index (χ0) is 9.95. The summed E-state index contributed by atoms with van der Waals surface area (Å²) in [6, 6.07) is 0. The number of methoxy groups -OCH3 is 1. The molecular weight excluding hydrogens is 211 g/mol. The van der Waals surface area contributed by atoms with Crippen molar-refractivity contribution in [3.8, 4) is 0 Å². The third-order valence-corrected chi connectivity index (χ3v) is 3.02. The SMILES string of the molecule is CCOC1(Cl)C=CC=CC1(Cl)OC. The van der Waals surface area contributed by atoms with Crippen molar-refractivity contribution in [2.45, 2.75) is 17.0 Å². The van der Waals surface area contributed by atoms with Crippen molar-refractivity contribution in [2.24, 2.45) is 0 Å². The molecule has 1 aliphatic rings. The summed E-state index contributed by atoms with van der Waals surface area (Å²) in [7, 11) is 1.49. The van der Waals surface area contributed by atoms with Crippen molar-refractivity contribution in [1.29, 1.82) is 0 Å². The van der Waals surface area contributed by atoms with Crippen LogP contribution in [-0.4, -0.2) is 23.8 Å². The quantitative estimate of drug-likeness (QED) is 0.685. The summed E-state index contributed by atoms with van der Waals surface area (Å²) in [6.07, 6.45) is 6.89. The molecule has 1 aliphatic carbocycles. The number of allylic oxidation sites excluding steroid dienone is 2. The number of halogens is 2. The Bertz CT molecular complexity index is 240. The predicted molar refractivity (Wildman–Crippen MR) is 54.1 cm³/mol. The first kappa shape index (κ1) is 11.1. The van der Waals surface area contributed by atoms with Crippen molar-refractivity contribution in [1.82, 2.24) is 0 Å². The molecule has 0 amide bonds. The molecular formula is C9H12Cl2O2. The highest BCUT2D eigenvalue weighted by Crippen LogP contribution is 2.41. The minimum atomic E-state index is -1.13. The van der Waals surface area contributed by atoms with Gasteiger partial charge in [0, 0.05) is 13.7 Å². The highest BCUT2D eigenvalue weighted by atomic mass is 35.5. The minimum absolute atomic E-state index is 0.472. The van der Waals surface area contributed by atoms with E-state index in [-0.39, 0.29) is 0 Å². The standard InChI is InChI=1S/C9H12Cl2O2/c1-3-13-9(11)7-5-4-6-8(9,10)12-2/h4-7H,3H2,1-2H3. The molecule has 0 radical (unpaired) electrons. The van der Waals surface area contributed by atoms with E-state index in [0.717, 1.165) is 0 Å². The van der Waals surface area contributed by atoms with Gasteiger partial charge >= 0.3 is 0 Å². The Kier molecular flexibility index (Phi) is 3.41. The van der Waals surface area contributed by atoms with E-state index in [0.29, 0.717) is 6.61 Å². The van der Waals surface area contributed by atoms with Gasteiger partial charge in [0.2, 0.25) is 10.1 Å². The molecule has 2 atom stereocenters. The van der Waals surface area contributed by atoms with Gasteiger partial charge in [-0.25, -0.2) is 0 Å². The number of alkyl halides is 2. The van der Waals surface area contributed by atoms with Crippen LogP contribution in [-0.2, 0) is 9.47 Å². The largest absolute Gasteiger partial charge is 0.355 e. The van der Waals surface area contributed by atoms with Crippen LogP contribution in [0.4, 0.5) is 0 Å². The Morgan fingerprint density at radius 1 is 1.15 bits per heavy atom. The summed E-state index contributed by atoms with van der Waals surface area (Å²) in [5.41, 5.74) is 0. The molecule has 2 unspecified atom stereocenters. The van der Waals surface area contributed by atoms with Crippen molar-refractivity contribution in [3.63, 3.8) is 0 Å². The molecule has 74 valence electrons. The van der Waals surface area contributed by atoms with E-state index in [4.69, 9.17) is 32.7 Å². The molecule has 4 heteroatoms. The van der Waals surface area contributed by atoms with Gasteiger partial charge in [0.1, 0.15) is 0 Å². The topological polar surface area (TPSA) is 18.5 Å². The summed E-state index contributed by atoms with van der Waals surface area (Å²) in [6.45, 7) is 2.32. The van der Waals surface area contributed by atoms with Crippen LogP contribution < -0.4 is 0 Å². The number of ether oxygens (including phenoxy) is 2. The third-order valence-electron chi connectivity index (χ3n) is 1.85. The molecule has 0 N–H and O–H groups in total. The van der Waals surface area contributed by atoms with Crippen molar-refractivity contribution >= 4 is 23.2 Å². The summed E-state index contributed by atoms with van der Waals surface area (Å²) in [5.74, 6) is 0.